The van der Waals surface area contributed by atoms with Gasteiger partial charge in [0.05, 0.1) is 19.6 Å². The zero-order valence-electron chi connectivity index (χ0n) is 6.76. The molecule has 1 atom stereocenters. The Labute approximate surface area is 69.7 Å². The third-order valence-electron chi connectivity index (χ3n) is 1.10. The number of esters is 1. The van der Waals surface area contributed by atoms with Crippen molar-refractivity contribution in [3.63, 3.8) is 0 Å². The molecule has 1 unspecified atom stereocenters. The zero-order chi connectivity index (χ0) is 9.78. The van der Waals surface area contributed by atoms with Gasteiger partial charge in [-0.05, 0) is 6.92 Å². The second kappa shape index (κ2) is 4.57. The van der Waals surface area contributed by atoms with E-state index in [2.05, 4.69) is 9.26 Å². The predicted molar refractivity (Wildman–Crippen MR) is 39.2 cm³/mol. The summed E-state index contributed by atoms with van der Waals surface area (Å²) in [7, 11) is -3.29. The van der Waals surface area contributed by atoms with Crippen LogP contribution in [-0.4, -0.2) is 29.5 Å². The van der Waals surface area contributed by atoms with E-state index in [1.165, 1.54) is 14.0 Å². The van der Waals surface area contributed by atoms with Crippen LogP contribution in [0.4, 0.5) is 0 Å². The molecule has 0 aromatic rings. The fraction of sp³-hybridized carbons (Fsp3) is 0.800. The number of hydrogen-bond donors (Lipinski definition) is 2. The molecule has 7 heteroatoms. The molecule has 0 saturated heterocycles. The van der Waals surface area contributed by atoms with Crippen molar-refractivity contribution in [1.29, 1.82) is 0 Å². The Morgan fingerprint density at radius 3 is 2.42 bits per heavy atom. The van der Waals surface area contributed by atoms with Gasteiger partial charge in [-0.1, -0.05) is 0 Å². The van der Waals surface area contributed by atoms with E-state index in [4.69, 9.17) is 9.79 Å². The van der Waals surface area contributed by atoms with Crippen molar-refractivity contribution in [2.45, 2.75) is 6.92 Å². The molecule has 0 rings (SSSR count). The van der Waals surface area contributed by atoms with Crippen molar-refractivity contribution in [3.05, 3.63) is 0 Å². The first-order valence-corrected chi connectivity index (χ1v) is 4.67. The summed E-state index contributed by atoms with van der Waals surface area (Å²) in [6, 6.07) is 0. The van der Waals surface area contributed by atoms with Gasteiger partial charge in [-0.3, -0.25) is 9.32 Å². The molecule has 0 aliphatic carbocycles. The summed E-state index contributed by atoms with van der Waals surface area (Å²) < 4.78 is 18.6. The molecule has 0 aromatic carbocycles. The Bertz CT molecular complexity index is 196. The Hall–Kier alpha value is -0.420. The number of carbonyl (C=O) groups excluding carboxylic acids is 1. The third-order valence-corrected chi connectivity index (χ3v) is 1.58. The number of phosphoric ester groups is 1. The van der Waals surface area contributed by atoms with E-state index in [1.54, 1.807) is 0 Å². The van der Waals surface area contributed by atoms with Gasteiger partial charge in [0.2, 0.25) is 0 Å². The van der Waals surface area contributed by atoms with Crippen molar-refractivity contribution in [1.82, 2.24) is 0 Å². The summed E-state index contributed by atoms with van der Waals surface area (Å²) >= 11 is 0. The molecule has 72 valence electrons. The number of carbonyl (C=O) groups is 1. The fourth-order valence-corrected chi connectivity index (χ4v) is 0.896. The van der Waals surface area contributed by atoms with E-state index in [0.29, 0.717) is 0 Å². The molecule has 6 nitrogen and oxygen atoms in total. The molecule has 0 amide bonds. The summed E-state index contributed by atoms with van der Waals surface area (Å²) in [5.41, 5.74) is 0. The molecule has 0 fully saturated rings. The van der Waals surface area contributed by atoms with Crippen LogP contribution < -0.4 is 0 Å². The summed E-state index contributed by atoms with van der Waals surface area (Å²) in [5, 5.41) is 0. The molecule has 0 aliphatic rings. The fourth-order valence-electron chi connectivity index (χ4n) is 0.478. The quantitative estimate of drug-likeness (QED) is 0.484. The van der Waals surface area contributed by atoms with E-state index in [1.807, 2.05) is 0 Å². The van der Waals surface area contributed by atoms with Crippen LogP contribution in [0, 0.1) is 5.92 Å². The average Bonchev–Trinajstić information content (AvgIpc) is 1.97. The highest BCUT2D eigenvalue weighted by Crippen LogP contribution is 2.36. The lowest BCUT2D eigenvalue weighted by Gasteiger charge is -2.09. The standard InChI is InChI=1S/C5H11O6P/c1-4(5(6)10-2)3-11-12(7,8)9/h4H,3H2,1-2H3,(H2,7,8,9). The normalized spacial score (nSPS) is 14.0. The Morgan fingerprint density at radius 1 is 1.58 bits per heavy atom. The van der Waals surface area contributed by atoms with Gasteiger partial charge in [-0.2, -0.15) is 0 Å². The summed E-state index contributed by atoms with van der Waals surface area (Å²) in [6.07, 6.45) is 0. The molecular weight excluding hydrogens is 187 g/mol. The van der Waals surface area contributed by atoms with E-state index in [9.17, 15) is 9.36 Å². The largest absolute Gasteiger partial charge is 0.469 e. The SMILES string of the molecule is COC(=O)C(C)COP(=O)(O)O. The summed E-state index contributed by atoms with van der Waals surface area (Å²) in [6.45, 7) is 1.10. The van der Waals surface area contributed by atoms with Gasteiger partial charge in [-0.25, -0.2) is 4.57 Å². The Kier molecular flexibility index (Phi) is 4.41. The molecule has 0 aliphatic heterocycles. The minimum absolute atomic E-state index is 0.350. The van der Waals surface area contributed by atoms with Gasteiger partial charge < -0.3 is 14.5 Å². The highest BCUT2D eigenvalue weighted by atomic mass is 31.2. The first-order chi connectivity index (χ1) is 5.37. The monoisotopic (exact) mass is 198 g/mol. The Morgan fingerprint density at radius 2 is 2.08 bits per heavy atom. The van der Waals surface area contributed by atoms with Crippen molar-refractivity contribution in [3.8, 4) is 0 Å². The van der Waals surface area contributed by atoms with E-state index in [0.717, 1.165) is 0 Å². The highest BCUT2D eigenvalue weighted by molar-refractivity contribution is 7.46. The molecule has 2 N–H and O–H groups in total. The predicted octanol–water partition coefficient (Wildman–Crippen LogP) is -0.0952. The van der Waals surface area contributed by atoms with Crippen molar-refractivity contribution in [2.24, 2.45) is 5.92 Å². The molecule has 12 heavy (non-hydrogen) atoms. The molecule has 0 spiro atoms. The van der Waals surface area contributed by atoms with Crippen LogP contribution in [0.15, 0.2) is 0 Å². The molecule has 0 aromatic heterocycles. The lowest BCUT2D eigenvalue weighted by molar-refractivity contribution is -0.145. The van der Waals surface area contributed by atoms with Crippen LogP contribution in [0.5, 0.6) is 0 Å². The zero-order valence-corrected chi connectivity index (χ0v) is 7.65. The summed E-state index contributed by atoms with van der Waals surface area (Å²) in [5.74, 6) is -1.24. The van der Waals surface area contributed by atoms with Crippen LogP contribution in [0.1, 0.15) is 6.92 Å². The first-order valence-electron chi connectivity index (χ1n) is 3.14. The number of ether oxygens (including phenoxy) is 1. The van der Waals surface area contributed by atoms with Crippen molar-refractivity contribution >= 4 is 13.8 Å². The maximum absolute atomic E-state index is 10.7. The maximum Gasteiger partial charge on any atom is 0.469 e. The molecule has 0 saturated carbocycles. The van der Waals surface area contributed by atoms with Crippen LogP contribution in [0.2, 0.25) is 0 Å². The van der Waals surface area contributed by atoms with E-state index >= 15 is 0 Å². The van der Waals surface area contributed by atoms with Crippen molar-refractivity contribution in [2.75, 3.05) is 13.7 Å². The van der Waals surface area contributed by atoms with Gasteiger partial charge >= 0.3 is 13.8 Å². The second-order valence-corrected chi connectivity index (χ2v) is 3.45. The smallest absolute Gasteiger partial charge is 0.469 e. The van der Waals surface area contributed by atoms with Gasteiger partial charge in [0, 0.05) is 0 Å². The molecule has 0 bridgehead atoms. The number of methoxy groups -OCH3 is 1. The van der Waals surface area contributed by atoms with Crippen LogP contribution in [0.3, 0.4) is 0 Å². The van der Waals surface area contributed by atoms with Gasteiger partial charge in [0.15, 0.2) is 0 Å². The van der Waals surface area contributed by atoms with Crippen molar-refractivity contribution < 1.29 is 28.4 Å². The lowest BCUT2D eigenvalue weighted by atomic mass is 10.2. The van der Waals surface area contributed by atoms with Crippen LogP contribution in [-0.2, 0) is 18.6 Å². The van der Waals surface area contributed by atoms with Crippen LogP contribution in [0.25, 0.3) is 0 Å². The van der Waals surface area contributed by atoms with Gasteiger partial charge in [-0.15, -0.1) is 0 Å². The topological polar surface area (TPSA) is 93.1 Å². The number of phosphoric acid groups is 1. The maximum atomic E-state index is 10.7. The second-order valence-electron chi connectivity index (χ2n) is 2.21. The van der Waals surface area contributed by atoms with Gasteiger partial charge in [0.25, 0.3) is 0 Å². The number of hydrogen-bond acceptors (Lipinski definition) is 4. The average molecular weight is 198 g/mol. The van der Waals surface area contributed by atoms with Crippen LogP contribution >= 0.6 is 7.82 Å². The molecule has 0 heterocycles. The van der Waals surface area contributed by atoms with Gasteiger partial charge in [0.1, 0.15) is 0 Å². The third kappa shape index (κ3) is 5.26. The molecule has 0 radical (unpaired) electrons. The minimum atomic E-state index is -4.48. The minimum Gasteiger partial charge on any atom is -0.469 e. The number of rotatable bonds is 4. The molecular formula is C5H11O6P. The van der Waals surface area contributed by atoms with E-state index < -0.39 is 19.7 Å². The summed E-state index contributed by atoms with van der Waals surface area (Å²) in [4.78, 5) is 27.2. The van der Waals surface area contributed by atoms with E-state index in [-0.39, 0.29) is 6.61 Å². The Balaban J connectivity index is 3.79. The first kappa shape index (κ1) is 11.6. The lowest BCUT2D eigenvalue weighted by Crippen LogP contribution is -2.17. The highest BCUT2D eigenvalue weighted by Gasteiger charge is 2.20.